The number of nitrogens with one attached hydrogen (secondary N) is 2. The van der Waals surface area contributed by atoms with Crippen LogP contribution in [0, 0.1) is 5.92 Å². The molecule has 0 aromatic heterocycles. The fourth-order valence-corrected chi connectivity index (χ4v) is 1.63. The van der Waals surface area contributed by atoms with Crippen LogP contribution in [0.25, 0.3) is 0 Å². The third-order valence-corrected chi connectivity index (χ3v) is 2.79. The van der Waals surface area contributed by atoms with Crippen molar-refractivity contribution in [3.63, 3.8) is 0 Å². The number of hydrogen-bond acceptors (Lipinski definition) is 3. The summed E-state index contributed by atoms with van der Waals surface area (Å²) in [5, 5.41) is 6.30. The van der Waals surface area contributed by atoms with E-state index in [0.29, 0.717) is 19.0 Å². The van der Waals surface area contributed by atoms with Crippen molar-refractivity contribution in [3.8, 4) is 0 Å². The quantitative estimate of drug-likeness (QED) is 0.330. The van der Waals surface area contributed by atoms with Gasteiger partial charge in [-0.15, -0.1) is 24.0 Å². The van der Waals surface area contributed by atoms with Crippen molar-refractivity contribution in [2.45, 2.75) is 20.4 Å². The summed E-state index contributed by atoms with van der Waals surface area (Å²) in [6.07, 6.45) is 0. The van der Waals surface area contributed by atoms with Crippen LogP contribution in [-0.2, 0) is 16.1 Å². The topological polar surface area (TPSA) is 62.7 Å². The van der Waals surface area contributed by atoms with E-state index in [4.69, 9.17) is 4.74 Å². The van der Waals surface area contributed by atoms with Gasteiger partial charge in [0.25, 0.3) is 0 Å². The molecule has 1 rings (SSSR count). The first kappa shape index (κ1) is 19.7. The molecule has 0 aliphatic heterocycles. The molecule has 1 aromatic rings. The summed E-state index contributed by atoms with van der Waals surface area (Å²) in [4.78, 5) is 15.8. The number of guanidine groups is 1. The molecular formula is C15H24IN3O2. The zero-order chi connectivity index (χ0) is 14.8. The molecule has 0 spiro atoms. The van der Waals surface area contributed by atoms with Crippen LogP contribution in [0.4, 0.5) is 0 Å². The summed E-state index contributed by atoms with van der Waals surface area (Å²) < 4.78 is 4.69. The Balaban J connectivity index is 0.00000400. The highest BCUT2D eigenvalue weighted by Gasteiger charge is 2.13. The Hall–Kier alpha value is -1.31. The monoisotopic (exact) mass is 405 g/mol. The second-order valence-electron chi connectivity index (χ2n) is 4.49. The van der Waals surface area contributed by atoms with Crippen LogP contribution in [0.15, 0.2) is 35.3 Å². The third-order valence-electron chi connectivity index (χ3n) is 2.79. The van der Waals surface area contributed by atoms with Gasteiger partial charge in [0.2, 0.25) is 0 Å². The third kappa shape index (κ3) is 7.89. The zero-order valence-electron chi connectivity index (χ0n) is 12.8. The van der Waals surface area contributed by atoms with E-state index in [-0.39, 0.29) is 35.9 Å². The van der Waals surface area contributed by atoms with Crippen LogP contribution in [0.2, 0.25) is 0 Å². The second-order valence-corrected chi connectivity index (χ2v) is 4.49. The number of nitrogens with zero attached hydrogens (tertiary/aromatic N) is 1. The van der Waals surface area contributed by atoms with E-state index in [1.807, 2.05) is 44.2 Å². The molecule has 118 valence electrons. The molecule has 0 saturated heterocycles. The van der Waals surface area contributed by atoms with Crippen LogP contribution in [0.5, 0.6) is 0 Å². The maximum atomic E-state index is 11.3. The summed E-state index contributed by atoms with van der Waals surface area (Å²) in [6.45, 7) is 5.69. The van der Waals surface area contributed by atoms with E-state index in [2.05, 4.69) is 15.6 Å². The minimum atomic E-state index is -0.226. The van der Waals surface area contributed by atoms with Gasteiger partial charge in [0.05, 0.1) is 19.6 Å². The maximum absolute atomic E-state index is 11.3. The van der Waals surface area contributed by atoms with Crippen LogP contribution in [0.3, 0.4) is 0 Å². The fourth-order valence-electron chi connectivity index (χ4n) is 1.63. The standard InChI is InChI=1S/C15H23N3O2.HI/c1-4-16-15(17-10-12(2)14(19)20-3)18-11-13-8-6-5-7-9-13;/h5-9,12H,4,10-11H2,1-3H3,(H2,16,17,18);1H. The van der Waals surface area contributed by atoms with E-state index in [9.17, 15) is 4.79 Å². The summed E-state index contributed by atoms with van der Waals surface area (Å²) in [5.41, 5.74) is 1.14. The van der Waals surface area contributed by atoms with Crippen LogP contribution in [-0.4, -0.2) is 32.1 Å². The highest BCUT2D eigenvalue weighted by molar-refractivity contribution is 14.0. The summed E-state index contributed by atoms with van der Waals surface area (Å²) in [6, 6.07) is 10.0. The highest BCUT2D eigenvalue weighted by atomic mass is 127. The van der Waals surface area contributed by atoms with Gasteiger partial charge in [0.1, 0.15) is 0 Å². The van der Waals surface area contributed by atoms with Crippen molar-refractivity contribution >= 4 is 35.9 Å². The number of ether oxygens (including phenoxy) is 1. The highest BCUT2D eigenvalue weighted by Crippen LogP contribution is 2.00. The second kappa shape index (κ2) is 11.4. The lowest BCUT2D eigenvalue weighted by Crippen LogP contribution is -2.40. The van der Waals surface area contributed by atoms with Gasteiger partial charge in [0.15, 0.2) is 5.96 Å². The summed E-state index contributed by atoms with van der Waals surface area (Å²) in [5.74, 6) is 0.268. The molecule has 1 atom stereocenters. The number of methoxy groups -OCH3 is 1. The largest absolute Gasteiger partial charge is 0.469 e. The van der Waals surface area contributed by atoms with Gasteiger partial charge in [-0.05, 0) is 12.5 Å². The van der Waals surface area contributed by atoms with Crippen molar-refractivity contribution in [2.75, 3.05) is 20.2 Å². The molecule has 5 nitrogen and oxygen atoms in total. The van der Waals surface area contributed by atoms with E-state index in [1.54, 1.807) is 0 Å². The lowest BCUT2D eigenvalue weighted by atomic mass is 10.2. The average Bonchev–Trinajstić information content (AvgIpc) is 2.49. The van der Waals surface area contributed by atoms with E-state index in [1.165, 1.54) is 7.11 Å². The first-order valence-corrected chi connectivity index (χ1v) is 6.81. The molecule has 0 heterocycles. The Labute approximate surface area is 143 Å². The normalized spacial score (nSPS) is 12.0. The molecular weight excluding hydrogens is 381 g/mol. The molecule has 2 N–H and O–H groups in total. The Morgan fingerprint density at radius 1 is 1.29 bits per heavy atom. The van der Waals surface area contributed by atoms with Crippen molar-refractivity contribution in [2.24, 2.45) is 10.9 Å². The summed E-state index contributed by atoms with van der Waals surface area (Å²) in [7, 11) is 1.40. The van der Waals surface area contributed by atoms with Crippen molar-refractivity contribution in [1.82, 2.24) is 10.6 Å². The number of rotatable bonds is 6. The molecule has 1 unspecified atom stereocenters. The smallest absolute Gasteiger partial charge is 0.310 e. The molecule has 1 aromatic carbocycles. The number of halogens is 1. The minimum absolute atomic E-state index is 0. The van der Waals surface area contributed by atoms with Crippen LogP contribution >= 0.6 is 24.0 Å². The Morgan fingerprint density at radius 2 is 1.95 bits per heavy atom. The molecule has 0 aliphatic rings. The van der Waals surface area contributed by atoms with Gasteiger partial charge in [0, 0.05) is 13.1 Å². The number of aliphatic imine (C=N–C) groups is 1. The lowest BCUT2D eigenvalue weighted by Gasteiger charge is -2.14. The Bertz CT molecular complexity index is 438. The number of hydrogen-bond donors (Lipinski definition) is 2. The molecule has 0 saturated carbocycles. The predicted molar refractivity (Wildman–Crippen MR) is 95.9 cm³/mol. The van der Waals surface area contributed by atoms with Crippen LogP contribution < -0.4 is 10.6 Å². The SMILES string of the molecule is CCNC(=NCc1ccccc1)NCC(C)C(=O)OC.I. The first-order chi connectivity index (χ1) is 9.67. The molecule has 21 heavy (non-hydrogen) atoms. The number of esters is 1. The lowest BCUT2D eigenvalue weighted by molar-refractivity contribution is -0.144. The molecule has 0 fully saturated rings. The van der Waals surface area contributed by atoms with Gasteiger partial charge < -0.3 is 15.4 Å². The van der Waals surface area contributed by atoms with Gasteiger partial charge in [-0.25, -0.2) is 4.99 Å². The first-order valence-electron chi connectivity index (χ1n) is 6.81. The van der Waals surface area contributed by atoms with Crippen molar-refractivity contribution < 1.29 is 9.53 Å². The van der Waals surface area contributed by atoms with Gasteiger partial charge in [-0.2, -0.15) is 0 Å². The van der Waals surface area contributed by atoms with Gasteiger partial charge >= 0.3 is 5.97 Å². The zero-order valence-corrected chi connectivity index (χ0v) is 15.1. The molecule has 0 aliphatic carbocycles. The van der Waals surface area contributed by atoms with Crippen LogP contribution in [0.1, 0.15) is 19.4 Å². The number of carbonyl (C=O) groups excluding carboxylic acids is 1. The Morgan fingerprint density at radius 3 is 2.52 bits per heavy atom. The number of carbonyl (C=O) groups is 1. The van der Waals surface area contributed by atoms with Gasteiger partial charge in [-0.1, -0.05) is 37.3 Å². The van der Waals surface area contributed by atoms with E-state index in [0.717, 1.165) is 12.1 Å². The minimum Gasteiger partial charge on any atom is -0.469 e. The molecule has 6 heteroatoms. The fraction of sp³-hybridized carbons (Fsp3) is 0.467. The Kier molecular flexibility index (Phi) is 10.7. The summed E-state index contributed by atoms with van der Waals surface area (Å²) >= 11 is 0. The van der Waals surface area contributed by atoms with E-state index >= 15 is 0 Å². The van der Waals surface area contributed by atoms with Gasteiger partial charge in [-0.3, -0.25) is 4.79 Å². The molecule has 0 radical (unpaired) electrons. The molecule has 0 amide bonds. The maximum Gasteiger partial charge on any atom is 0.310 e. The molecule has 0 bridgehead atoms. The average molecular weight is 405 g/mol. The van der Waals surface area contributed by atoms with Crippen molar-refractivity contribution in [1.29, 1.82) is 0 Å². The van der Waals surface area contributed by atoms with Crippen molar-refractivity contribution in [3.05, 3.63) is 35.9 Å². The number of benzene rings is 1. The predicted octanol–water partition coefficient (Wildman–Crippen LogP) is 2.17. The van der Waals surface area contributed by atoms with E-state index < -0.39 is 0 Å².